The van der Waals surface area contributed by atoms with Crippen LogP contribution in [-0.2, 0) is 12.8 Å². The predicted molar refractivity (Wildman–Crippen MR) is 134 cm³/mol. The van der Waals surface area contributed by atoms with Gasteiger partial charge in [0.1, 0.15) is 34.5 Å². The molecule has 164 valence electrons. The number of hydrogen-bond acceptors (Lipinski definition) is 3. The van der Waals surface area contributed by atoms with Gasteiger partial charge in [-0.05, 0) is 84.6 Å². The molecule has 3 nitrogen and oxygen atoms in total. The van der Waals surface area contributed by atoms with Crippen LogP contribution >= 0.6 is 0 Å². The highest BCUT2D eigenvalue weighted by atomic mass is 16.5. The fraction of sp³-hybridized carbons (Fsp3) is 0.0667. The van der Waals surface area contributed by atoms with Gasteiger partial charge in [-0.25, -0.2) is 0 Å². The Morgan fingerprint density at radius 1 is 0.455 bits per heavy atom. The second-order valence-electron chi connectivity index (χ2n) is 7.45. The van der Waals surface area contributed by atoms with E-state index >= 15 is 0 Å². The molecule has 0 bridgehead atoms. The molecule has 0 amide bonds. The van der Waals surface area contributed by atoms with Gasteiger partial charge in [0.2, 0.25) is 0 Å². The molecule has 4 aromatic rings. The molecule has 33 heavy (non-hydrogen) atoms. The minimum atomic E-state index is 0.728. The molecular weight excluding hydrogens is 408 g/mol. The Bertz CT molecular complexity index is 1110. The van der Waals surface area contributed by atoms with E-state index < -0.39 is 0 Å². The molecule has 4 rings (SSSR count). The zero-order valence-electron chi connectivity index (χ0n) is 18.4. The van der Waals surface area contributed by atoms with Crippen molar-refractivity contribution in [2.24, 2.45) is 0 Å². The summed E-state index contributed by atoms with van der Waals surface area (Å²) in [6.45, 7) is 7.62. The van der Waals surface area contributed by atoms with E-state index in [0.717, 1.165) is 58.5 Å². The Morgan fingerprint density at radius 3 is 1.15 bits per heavy atom. The van der Waals surface area contributed by atoms with Crippen molar-refractivity contribution in [1.82, 2.24) is 0 Å². The molecular formula is C30H26O3. The summed E-state index contributed by atoms with van der Waals surface area (Å²) in [7, 11) is 0. The molecule has 0 fully saturated rings. The summed E-state index contributed by atoms with van der Waals surface area (Å²) in [5, 5.41) is 0. The summed E-state index contributed by atoms with van der Waals surface area (Å²) in [5.41, 5.74) is 2.20. The van der Waals surface area contributed by atoms with Crippen LogP contribution in [0.4, 0.5) is 0 Å². The summed E-state index contributed by atoms with van der Waals surface area (Å²) in [6, 6.07) is 31.1. The van der Waals surface area contributed by atoms with Crippen LogP contribution in [0.2, 0.25) is 0 Å². The molecule has 0 spiro atoms. The number of hydrogen-bond donors (Lipinski definition) is 0. The van der Waals surface area contributed by atoms with Gasteiger partial charge in [-0.3, -0.25) is 0 Å². The first-order chi connectivity index (χ1) is 16.2. The standard InChI is InChI=1S/C30H26O3/c1-3-9-23-11-5-7-13-29(23)32-27-19-15-25(16-20-27)31-26-17-21-28(22-18-26)33-30-14-8-6-12-24(30)10-4-2/h3-8,11-22H,1-2,9-10H2. The fourth-order valence-corrected chi connectivity index (χ4v) is 3.40. The average molecular weight is 435 g/mol. The number of rotatable bonds is 10. The molecule has 0 saturated carbocycles. The van der Waals surface area contributed by atoms with Crippen LogP contribution in [-0.4, -0.2) is 0 Å². The van der Waals surface area contributed by atoms with Crippen LogP contribution in [0.25, 0.3) is 0 Å². The van der Waals surface area contributed by atoms with E-state index in [1.165, 1.54) is 0 Å². The van der Waals surface area contributed by atoms with Crippen LogP contribution in [0.5, 0.6) is 34.5 Å². The number of benzene rings is 4. The summed E-state index contributed by atoms with van der Waals surface area (Å²) < 4.78 is 18.1. The van der Waals surface area contributed by atoms with Gasteiger partial charge in [-0.1, -0.05) is 48.6 Å². The highest BCUT2D eigenvalue weighted by molar-refractivity contribution is 5.43. The molecule has 4 aromatic carbocycles. The van der Waals surface area contributed by atoms with E-state index in [4.69, 9.17) is 14.2 Å². The van der Waals surface area contributed by atoms with Crippen LogP contribution < -0.4 is 14.2 Å². The van der Waals surface area contributed by atoms with Crippen molar-refractivity contribution in [2.45, 2.75) is 12.8 Å². The summed E-state index contributed by atoms with van der Waals surface area (Å²) in [4.78, 5) is 0. The maximum atomic E-state index is 6.04. The molecule has 0 unspecified atom stereocenters. The topological polar surface area (TPSA) is 27.7 Å². The van der Waals surface area contributed by atoms with Gasteiger partial charge in [-0.2, -0.15) is 0 Å². The maximum absolute atomic E-state index is 6.04. The van der Waals surface area contributed by atoms with Crippen LogP contribution in [0, 0.1) is 0 Å². The first kappa shape index (κ1) is 22.0. The van der Waals surface area contributed by atoms with Crippen molar-refractivity contribution >= 4 is 0 Å². The Labute approximate surface area is 195 Å². The zero-order chi connectivity index (χ0) is 22.9. The van der Waals surface area contributed by atoms with E-state index in [-0.39, 0.29) is 0 Å². The monoisotopic (exact) mass is 434 g/mol. The van der Waals surface area contributed by atoms with Crippen molar-refractivity contribution < 1.29 is 14.2 Å². The van der Waals surface area contributed by atoms with Crippen molar-refractivity contribution in [3.8, 4) is 34.5 Å². The first-order valence-electron chi connectivity index (χ1n) is 10.9. The molecule has 0 aliphatic carbocycles. The molecule has 0 aromatic heterocycles. The SMILES string of the molecule is C=CCc1ccccc1Oc1ccc(Oc2ccc(Oc3ccccc3CC=C)cc2)cc1. The van der Waals surface area contributed by atoms with E-state index in [9.17, 15) is 0 Å². The summed E-state index contributed by atoms with van der Waals surface area (Å²) >= 11 is 0. The zero-order valence-corrected chi connectivity index (χ0v) is 18.4. The Morgan fingerprint density at radius 2 is 0.788 bits per heavy atom. The molecule has 0 atom stereocenters. The van der Waals surface area contributed by atoms with E-state index in [2.05, 4.69) is 13.2 Å². The second-order valence-corrected chi connectivity index (χ2v) is 7.45. The van der Waals surface area contributed by atoms with Gasteiger partial charge in [-0.15, -0.1) is 13.2 Å². The average Bonchev–Trinajstić information content (AvgIpc) is 2.84. The van der Waals surface area contributed by atoms with Gasteiger partial charge in [0.05, 0.1) is 0 Å². The highest BCUT2D eigenvalue weighted by Crippen LogP contribution is 2.31. The van der Waals surface area contributed by atoms with E-state index in [0.29, 0.717) is 0 Å². The third-order valence-electron chi connectivity index (χ3n) is 5.01. The minimum absolute atomic E-state index is 0.728. The fourth-order valence-electron chi connectivity index (χ4n) is 3.40. The van der Waals surface area contributed by atoms with E-state index in [1.54, 1.807) is 0 Å². The number of para-hydroxylation sites is 2. The van der Waals surface area contributed by atoms with Crippen molar-refractivity contribution in [3.05, 3.63) is 133 Å². The Kier molecular flexibility index (Phi) is 7.24. The van der Waals surface area contributed by atoms with Crippen molar-refractivity contribution in [1.29, 1.82) is 0 Å². The molecule has 3 heteroatoms. The third kappa shape index (κ3) is 5.92. The lowest BCUT2D eigenvalue weighted by Gasteiger charge is -2.12. The lowest BCUT2D eigenvalue weighted by molar-refractivity contribution is 0.461. The van der Waals surface area contributed by atoms with Gasteiger partial charge >= 0.3 is 0 Å². The van der Waals surface area contributed by atoms with Crippen molar-refractivity contribution in [3.63, 3.8) is 0 Å². The van der Waals surface area contributed by atoms with Crippen molar-refractivity contribution in [2.75, 3.05) is 0 Å². The molecule has 0 radical (unpaired) electrons. The van der Waals surface area contributed by atoms with Crippen LogP contribution in [0.1, 0.15) is 11.1 Å². The number of ether oxygens (including phenoxy) is 3. The van der Waals surface area contributed by atoms with Gasteiger partial charge < -0.3 is 14.2 Å². The largest absolute Gasteiger partial charge is 0.457 e. The third-order valence-corrected chi connectivity index (χ3v) is 5.01. The lowest BCUT2D eigenvalue weighted by atomic mass is 10.1. The molecule has 0 aliphatic rings. The van der Waals surface area contributed by atoms with E-state index in [1.807, 2.05) is 109 Å². The molecule has 0 saturated heterocycles. The maximum Gasteiger partial charge on any atom is 0.130 e. The molecule has 0 aliphatic heterocycles. The van der Waals surface area contributed by atoms with Crippen LogP contribution in [0.3, 0.4) is 0 Å². The smallest absolute Gasteiger partial charge is 0.130 e. The highest BCUT2D eigenvalue weighted by Gasteiger charge is 2.06. The van der Waals surface area contributed by atoms with Gasteiger partial charge in [0.15, 0.2) is 0 Å². The first-order valence-corrected chi connectivity index (χ1v) is 10.9. The number of allylic oxidation sites excluding steroid dienone is 2. The predicted octanol–water partition coefficient (Wildman–Crippen LogP) is 8.52. The van der Waals surface area contributed by atoms with Gasteiger partial charge in [0.25, 0.3) is 0 Å². The normalized spacial score (nSPS) is 10.3. The van der Waals surface area contributed by atoms with Gasteiger partial charge in [0, 0.05) is 0 Å². The second kappa shape index (κ2) is 10.9. The lowest BCUT2D eigenvalue weighted by Crippen LogP contribution is -1.91. The Hall–Kier alpha value is -4.24. The van der Waals surface area contributed by atoms with Crippen LogP contribution in [0.15, 0.2) is 122 Å². The summed E-state index contributed by atoms with van der Waals surface area (Å²) in [5.74, 6) is 4.62. The quantitative estimate of drug-likeness (QED) is 0.234. The minimum Gasteiger partial charge on any atom is -0.457 e. The Balaban J connectivity index is 1.39. The molecule has 0 heterocycles. The molecule has 0 N–H and O–H groups in total. The summed E-state index contributed by atoms with van der Waals surface area (Å²) in [6.07, 6.45) is 5.26.